The average Bonchev–Trinajstić information content (AvgIpc) is 2.65. The number of sulfone groups is 2. The number of anilines is 1. The summed E-state index contributed by atoms with van der Waals surface area (Å²) in [7, 11) is -5.14. The van der Waals surface area contributed by atoms with Gasteiger partial charge >= 0.3 is 0 Å². The van der Waals surface area contributed by atoms with E-state index in [-0.39, 0.29) is 72.3 Å². The largest absolute Gasteiger partial charge is 0.495 e. The van der Waals surface area contributed by atoms with Crippen LogP contribution in [0.4, 0.5) is 5.69 Å². The molecule has 1 aromatic rings. The smallest absolute Gasteiger partial charge is 0.253 e. The molecule has 0 saturated carbocycles. The number of nitrogens with two attached hydrogens (primary N) is 1. The first-order valence-electron chi connectivity index (χ1n) is 9.31. The van der Waals surface area contributed by atoms with Crippen molar-refractivity contribution in [1.82, 2.24) is 4.90 Å². The van der Waals surface area contributed by atoms with Gasteiger partial charge in [-0.3, -0.25) is 4.79 Å². The SMILES string of the molecule is COc1ccc(C(=O)N(CCCS(=O)(=O)CCCl)CCCS(=O)(=O)CCCl)cc1N. The summed E-state index contributed by atoms with van der Waals surface area (Å²) >= 11 is 11.0. The van der Waals surface area contributed by atoms with Crippen molar-refractivity contribution >= 4 is 54.5 Å². The Morgan fingerprint density at radius 2 is 1.47 bits per heavy atom. The van der Waals surface area contributed by atoms with Crippen molar-refractivity contribution in [1.29, 1.82) is 0 Å². The molecule has 0 unspecified atom stereocenters. The summed E-state index contributed by atoms with van der Waals surface area (Å²) in [5.41, 5.74) is 6.47. The van der Waals surface area contributed by atoms with E-state index >= 15 is 0 Å². The van der Waals surface area contributed by atoms with E-state index in [0.29, 0.717) is 11.3 Å². The molecule has 12 heteroatoms. The van der Waals surface area contributed by atoms with Crippen molar-refractivity contribution in [3.63, 3.8) is 0 Å². The number of hydrogen-bond acceptors (Lipinski definition) is 7. The molecule has 0 saturated heterocycles. The maximum absolute atomic E-state index is 12.9. The number of halogens is 2. The molecule has 0 bridgehead atoms. The molecule has 0 aliphatic heterocycles. The van der Waals surface area contributed by atoms with Crippen LogP contribution in [0.25, 0.3) is 0 Å². The Labute approximate surface area is 188 Å². The van der Waals surface area contributed by atoms with E-state index in [1.165, 1.54) is 18.1 Å². The highest BCUT2D eigenvalue weighted by atomic mass is 35.5. The molecule has 0 atom stereocenters. The van der Waals surface area contributed by atoms with Crippen molar-refractivity contribution in [3.05, 3.63) is 23.8 Å². The van der Waals surface area contributed by atoms with Gasteiger partial charge in [0.25, 0.3) is 5.91 Å². The first kappa shape index (κ1) is 26.8. The lowest BCUT2D eigenvalue weighted by molar-refractivity contribution is 0.0756. The molecule has 0 aliphatic carbocycles. The predicted molar refractivity (Wildman–Crippen MR) is 121 cm³/mol. The lowest BCUT2D eigenvalue weighted by Gasteiger charge is -2.23. The zero-order chi connectivity index (χ0) is 22.8. The van der Waals surface area contributed by atoms with Crippen LogP contribution in [0.2, 0.25) is 0 Å². The number of benzene rings is 1. The number of carbonyl (C=O) groups is 1. The van der Waals surface area contributed by atoms with Gasteiger partial charge in [-0.1, -0.05) is 0 Å². The molecule has 0 radical (unpaired) electrons. The number of ether oxygens (including phenoxy) is 1. The zero-order valence-electron chi connectivity index (χ0n) is 16.8. The van der Waals surface area contributed by atoms with Gasteiger partial charge in [-0.05, 0) is 31.0 Å². The van der Waals surface area contributed by atoms with Crippen molar-refractivity contribution in [2.24, 2.45) is 0 Å². The third-order valence-corrected chi connectivity index (χ3v) is 8.61. The van der Waals surface area contributed by atoms with Gasteiger partial charge in [0.15, 0.2) is 19.7 Å². The first-order valence-corrected chi connectivity index (χ1v) is 14.0. The van der Waals surface area contributed by atoms with Crippen LogP contribution in [0, 0.1) is 0 Å². The fourth-order valence-corrected chi connectivity index (χ4v) is 6.18. The third-order valence-electron chi connectivity index (χ3n) is 4.31. The molecule has 1 amide bonds. The normalized spacial score (nSPS) is 12.0. The van der Waals surface area contributed by atoms with Gasteiger partial charge in [0.2, 0.25) is 0 Å². The highest BCUT2D eigenvalue weighted by molar-refractivity contribution is 7.91. The molecule has 0 heterocycles. The van der Waals surface area contributed by atoms with Crippen molar-refractivity contribution in [2.45, 2.75) is 12.8 Å². The Kier molecular flexibility index (Phi) is 11.2. The number of amides is 1. The number of rotatable bonds is 14. The van der Waals surface area contributed by atoms with Crippen LogP contribution in [0.15, 0.2) is 18.2 Å². The summed E-state index contributed by atoms with van der Waals surface area (Å²) in [5.74, 6) is -0.408. The van der Waals surface area contributed by atoms with E-state index in [1.807, 2.05) is 0 Å². The minimum Gasteiger partial charge on any atom is -0.495 e. The Morgan fingerprint density at radius 3 is 1.87 bits per heavy atom. The van der Waals surface area contributed by atoms with E-state index in [0.717, 1.165) is 0 Å². The van der Waals surface area contributed by atoms with Gasteiger partial charge < -0.3 is 15.4 Å². The van der Waals surface area contributed by atoms with Gasteiger partial charge in [0.05, 0.1) is 35.8 Å². The van der Waals surface area contributed by atoms with Gasteiger partial charge in [-0.2, -0.15) is 0 Å². The van der Waals surface area contributed by atoms with E-state index in [4.69, 9.17) is 33.7 Å². The summed E-state index contributed by atoms with van der Waals surface area (Å²) in [6.45, 7) is 0.309. The predicted octanol–water partition coefficient (Wildman–Crippen LogP) is 1.81. The second-order valence-electron chi connectivity index (χ2n) is 6.64. The van der Waals surface area contributed by atoms with Gasteiger partial charge in [0, 0.05) is 30.4 Å². The van der Waals surface area contributed by atoms with Crippen LogP contribution in [0.3, 0.4) is 0 Å². The molecule has 1 rings (SSSR count). The maximum atomic E-state index is 12.9. The van der Waals surface area contributed by atoms with E-state index < -0.39 is 19.7 Å². The lowest BCUT2D eigenvalue weighted by atomic mass is 10.1. The van der Waals surface area contributed by atoms with E-state index in [1.54, 1.807) is 12.1 Å². The molecule has 1 aromatic carbocycles. The van der Waals surface area contributed by atoms with Crippen LogP contribution in [0.5, 0.6) is 5.75 Å². The number of alkyl halides is 2. The van der Waals surface area contributed by atoms with Crippen molar-refractivity contribution in [3.8, 4) is 5.75 Å². The van der Waals surface area contributed by atoms with Crippen molar-refractivity contribution in [2.75, 3.05) is 60.7 Å². The fourth-order valence-electron chi connectivity index (χ4n) is 2.75. The summed E-state index contributed by atoms with van der Waals surface area (Å²) in [6, 6.07) is 4.60. The highest BCUT2D eigenvalue weighted by Gasteiger charge is 2.20. The summed E-state index contributed by atoms with van der Waals surface area (Å²) in [4.78, 5) is 14.4. The van der Waals surface area contributed by atoms with Gasteiger partial charge in [-0.25, -0.2) is 16.8 Å². The minimum atomic E-state index is -3.30. The van der Waals surface area contributed by atoms with Crippen LogP contribution in [0.1, 0.15) is 23.2 Å². The summed E-state index contributed by atoms with van der Waals surface area (Å²) < 4.78 is 52.6. The monoisotopic (exact) mass is 502 g/mol. The van der Waals surface area contributed by atoms with Crippen LogP contribution in [-0.2, 0) is 19.7 Å². The molecule has 0 aliphatic rings. The molecular weight excluding hydrogens is 475 g/mol. The Hall–Kier alpha value is -1.23. The highest BCUT2D eigenvalue weighted by Crippen LogP contribution is 2.23. The third kappa shape index (κ3) is 9.28. The molecular formula is C18H28Cl2N2O6S2. The van der Waals surface area contributed by atoms with Gasteiger partial charge in [-0.15, -0.1) is 23.2 Å². The molecule has 172 valence electrons. The van der Waals surface area contributed by atoms with Gasteiger partial charge in [0.1, 0.15) is 5.75 Å². The quantitative estimate of drug-likeness (QED) is 0.303. The Bertz CT molecular complexity index is 865. The lowest BCUT2D eigenvalue weighted by Crippen LogP contribution is -2.35. The summed E-state index contributed by atoms with van der Waals surface area (Å²) in [6.07, 6.45) is 0.427. The number of hydrogen-bond donors (Lipinski definition) is 1. The number of nitrogen functional groups attached to an aromatic ring is 1. The van der Waals surface area contributed by atoms with Crippen LogP contribution in [-0.4, -0.2) is 82.6 Å². The molecule has 0 aromatic heterocycles. The number of carbonyl (C=O) groups excluding carboxylic acids is 1. The average molecular weight is 503 g/mol. The Morgan fingerprint density at radius 1 is 0.967 bits per heavy atom. The van der Waals surface area contributed by atoms with Crippen molar-refractivity contribution < 1.29 is 26.4 Å². The number of nitrogens with zero attached hydrogens (tertiary/aromatic N) is 1. The first-order chi connectivity index (χ1) is 14.0. The topological polar surface area (TPSA) is 124 Å². The molecule has 0 fully saturated rings. The summed E-state index contributed by atoms with van der Waals surface area (Å²) in [5, 5.41) is 0. The minimum absolute atomic E-state index is 0.00847. The molecule has 0 spiro atoms. The Balaban J connectivity index is 2.90. The van der Waals surface area contributed by atoms with E-state index in [2.05, 4.69) is 0 Å². The second kappa shape index (κ2) is 12.6. The maximum Gasteiger partial charge on any atom is 0.253 e. The fraction of sp³-hybridized carbons (Fsp3) is 0.611. The van der Waals surface area contributed by atoms with Crippen LogP contribution >= 0.6 is 23.2 Å². The standard InChI is InChI=1S/C18H28Cl2N2O6S2/c1-28-17-5-4-15(14-16(17)21)18(23)22(8-2-10-29(24,25)12-6-19)9-3-11-30(26,27)13-7-20/h4-5,14H,2-3,6-13,21H2,1H3. The van der Waals surface area contributed by atoms with Crippen LogP contribution < -0.4 is 10.5 Å². The molecule has 2 N–H and O–H groups in total. The van der Waals surface area contributed by atoms with E-state index in [9.17, 15) is 21.6 Å². The second-order valence-corrected chi connectivity index (χ2v) is 12.0. The number of methoxy groups -OCH3 is 1. The molecule has 30 heavy (non-hydrogen) atoms. The molecule has 8 nitrogen and oxygen atoms in total. The zero-order valence-corrected chi connectivity index (χ0v) is 20.0.